The Morgan fingerprint density at radius 3 is 2.75 bits per heavy atom. The largest absolute Gasteiger partial charge is 0.497 e. The minimum atomic E-state index is 0.0155. The molecule has 1 N–H and O–H groups in total. The summed E-state index contributed by atoms with van der Waals surface area (Å²) >= 11 is 0. The molecule has 3 aromatic rings. The van der Waals surface area contributed by atoms with Crippen LogP contribution >= 0.6 is 0 Å². The van der Waals surface area contributed by atoms with Gasteiger partial charge in [0.05, 0.1) is 13.3 Å². The Bertz CT molecular complexity index is 890. The van der Waals surface area contributed by atoms with Gasteiger partial charge in [-0.05, 0) is 37.5 Å². The third kappa shape index (κ3) is 5.71. The first-order valence-electron chi connectivity index (χ1n) is 9.56. The van der Waals surface area contributed by atoms with Gasteiger partial charge >= 0.3 is 0 Å². The monoisotopic (exact) mass is 378 g/mol. The van der Waals surface area contributed by atoms with Crippen molar-refractivity contribution in [3.05, 3.63) is 72.2 Å². The Labute approximate surface area is 165 Å². The molecule has 0 saturated carbocycles. The first-order chi connectivity index (χ1) is 13.6. The first kappa shape index (κ1) is 19.7. The molecular formula is C23H26N2O3. The molecule has 1 unspecified atom stereocenters. The van der Waals surface area contributed by atoms with E-state index in [1.54, 1.807) is 13.3 Å². The topological polar surface area (TPSA) is 64.4 Å². The number of benzene rings is 2. The fourth-order valence-electron chi connectivity index (χ4n) is 3.00. The third-order valence-corrected chi connectivity index (χ3v) is 4.59. The summed E-state index contributed by atoms with van der Waals surface area (Å²) in [5, 5.41) is 3.05. The Kier molecular flexibility index (Phi) is 6.84. The van der Waals surface area contributed by atoms with Gasteiger partial charge in [0.2, 0.25) is 5.91 Å². The summed E-state index contributed by atoms with van der Waals surface area (Å²) in [5.41, 5.74) is 2.19. The van der Waals surface area contributed by atoms with Crippen LogP contribution in [0, 0.1) is 0 Å². The standard InChI is InChI=1S/C23H26N2O3/c1-17(11-12-18-7-4-3-5-8-18)25-22(26)13-14-23-24-16-21(28-23)19-9-6-10-20(15-19)27-2/h3-10,15-17H,11-14H2,1-2H3,(H,25,26). The second kappa shape index (κ2) is 9.74. The van der Waals surface area contributed by atoms with Crippen LogP contribution in [0.2, 0.25) is 0 Å². The number of carbonyl (C=O) groups excluding carboxylic acids is 1. The van der Waals surface area contributed by atoms with Gasteiger partial charge in [-0.15, -0.1) is 0 Å². The molecule has 5 nitrogen and oxygen atoms in total. The number of oxazole rings is 1. The molecule has 146 valence electrons. The van der Waals surface area contributed by atoms with Crippen molar-refractivity contribution in [1.29, 1.82) is 0 Å². The zero-order valence-corrected chi connectivity index (χ0v) is 16.4. The van der Waals surface area contributed by atoms with Crippen molar-refractivity contribution < 1.29 is 13.9 Å². The fourth-order valence-corrected chi connectivity index (χ4v) is 3.00. The van der Waals surface area contributed by atoms with Gasteiger partial charge in [-0.3, -0.25) is 4.79 Å². The molecule has 0 spiro atoms. The molecular weight excluding hydrogens is 352 g/mol. The van der Waals surface area contributed by atoms with E-state index in [0.717, 1.165) is 24.2 Å². The van der Waals surface area contributed by atoms with E-state index >= 15 is 0 Å². The maximum atomic E-state index is 12.2. The quantitative estimate of drug-likeness (QED) is 0.599. The number of aromatic nitrogens is 1. The van der Waals surface area contributed by atoms with E-state index in [1.165, 1.54) is 5.56 Å². The second-order valence-corrected chi connectivity index (χ2v) is 6.84. The van der Waals surface area contributed by atoms with E-state index in [1.807, 2.05) is 49.4 Å². The highest BCUT2D eigenvalue weighted by Gasteiger charge is 2.11. The summed E-state index contributed by atoms with van der Waals surface area (Å²) in [6, 6.07) is 18.0. The summed E-state index contributed by atoms with van der Waals surface area (Å²) in [4.78, 5) is 16.5. The van der Waals surface area contributed by atoms with Crippen LogP contribution < -0.4 is 10.1 Å². The Hall–Kier alpha value is -3.08. The van der Waals surface area contributed by atoms with Gasteiger partial charge < -0.3 is 14.5 Å². The van der Waals surface area contributed by atoms with Crippen molar-refractivity contribution in [1.82, 2.24) is 10.3 Å². The number of nitrogens with zero attached hydrogens (tertiary/aromatic N) is 1. The maximum absolute atomic E-state index is 12.2. The van der Waals surface area contributed by atoms with Crippen LogP contribution in [-0.4, -0.2) is 24.0 Å². The minimum Gasteiger partial charge on any atom is -0.497 e. The number of aryl methyl sites for hydroxylation is 2. The van der Waals surface area contributed by atoms with Crippen molar-refractivity contribution >= 4 is 5.91 Å². The van der Waals surface area contributed by atoms with Crippen LogP contribution in [0.1, 0.15) is 31.2 Å². The van der Waals surface area contributed by atoms with Crippen LogP contribution in [0.25, 0.3) is 11.3 Å². The summed E-state index contributed by atoms with van der Waals surface area (Å²) in [5.74, 6) is 2.01. The van der Waals surface area contributed by atoms with Gasteiger partial charge in [0.15, 0.2) is 11.7 Å². The van der Waals surface area contributed by atoms with E-state index in [0.29, 0.717) is 24.5 Å². The fraction of sp³-hybridized carbons (Fsp3) is 0.304. The molecule has 1 aromatic heterocycles. The molecule has 1 amide bonds. The maximum Gasteiger partial charge on any atom is 0.220 e. The number of hydrogen-bond donors (Lipinski definition) is 1. The molecule has 0 aliphatic heterocycles. The van der Waals surface area contributed by atoms with Gasteiger partial charge in [0, 0.05) is 24.4 Å². The molecule has 0 radical (unpaired) electrons. The number of nitrogens with one attached hydrogen (secondary N) is 1. The molecule has 2 aromatic carbocycles. The molecule has 0 saturated heterocycles. The second-order valence-electron chi connectivity index (χ2n) is 6.84. The number of hydrogen-bond acceptors (Lipinski definition) is 4. The van der Waals surface area contributed by atoms with Gasteiger partial charge in [-0.2, -0.15) is 0 Å². The zero-order chi connectivity index (χ0) is 19.8. The van der Waals surface area contributed by atoms with Crippen LogP contribution in [0.15, 0.2) is 65.2 Å². The molecule has 5 heteroatoms. The van der Waals surface area contributed by atoms with Gasteiger partial charge in [-0.25, -0.2) is 4.98 Å². The van der Waals surface area contributed by atoms with Crippen molar-refractivity contribution in [2.75, 3.05) is 7.11 Å². The van der Waals surface area contributed by atoms with E-state index < -0.39 is 0 Å². The average Bonchev–Trinajstić information content (AvgIpc) is 3.21. The number of carbonyl (C=O) groups is 1. The lowest BCUT2D eigenvalue weighted by Crippen LogP contribution is -2.33. The van der Waals surface area contributed by atoms with Crippen molar-refractivity contribution in [2.24, 2.45) is 0 Å². The zero-order valence-electron chi connectivity index (χ0n) is 16.4. The molecule has 1 atom stereocenters. The van der Waals surface area contributed by atoms with E-state index in [4.69, 9.17) is 9.15 Å². The molecule has 0 bridgehead atoms. The molecule has 0 fully saturated rings. The van der Waals surface area contributed by atoms with Crippen LogP contribution in [0.5, 0.6) is 5.75 Å². The summed E-state index contributed by atoms with van der Waals surface area (Å²) in [6.45, 7) is 2.03. The molecule has 28 heavy (non-hydrogen) atoms. The lowest BCUT2D eigenvalue weighted by molar-refractivity contribution is -0.121. The van der Waals surface area contributed by atoms with Crippen LogP contribution in [0.3, 0.4) is 0 Å². The lowest BCUT2D eigenvalue weighted by Gasteiger charge is -2.13. The summed E-state index contributed by atoms with van der Waals surface area (Å²) in [7, 11) is 1.63. The van der Waals surface area contributed by atoms with Gasteiger partial charge in [0.1, 0.15) is 5.75 Å². The number of methoxy groups -OCH3 is 1. The van der Waals surface area contributed by atoms with Crippen LogP contribution in [0.4, 0.5) is 0 Å². The van der Waals surface area contributed by atoms with Crippen LogP contribution in [-0.2, 0) is 17.6 Å². The smallest absolute Gasteiger partial charge is 0.220 e. The Morgan fingerprint density at radius 2 is 1.96 bits per heavy atom. The average molecular weight is 378 g/mol. The van der Waals surface area contributed by atoms with E-state index in [-0.39, 0.29) is 11.9 Å². The minimum absolute atomic E-state index is 0.0155. The normalized spacial score (nSPS) is 11.8. The highest BCUT2D eigenvalue weighted by molar-refractivity contribution is 5.76. The SMILES string of the molecule is COc1cccc(-c2cnc(CCC(=O)NC(C)CCc3ccccc3)o2)c1. The van der Waals surface area contributed by atoms with Crippen molar-refractivity contribution in [3.63, 3.8) is 0 Å². The molecule has 0 aliphatic carbocycles. The molecule has 1 heterocycles. The summed E-state index contributed by atoms with van der Waals surface area (Å²) < 4.78 is 11.0. The molecule has 3 rings (SSSR count). The van der Waals surface area contributed by atoms with E-state index in [2.05, 4.69) is 22.4 Å². The van der Waals surface area contributed by atoms with Gasteiger partial charge in [0.25, 0.3) is 0 Å². The van der Waals surface area contributed by atoms with Gasteiger partial charge in [-0.1, -0.05) is 42.5 Å². The summed E-state index contributed by atoms with van der Waals surface area (Å²) in [6.07, 6.45) is 4.38. The Balaban J connectivity index is 1.45. The van der Waals surface area contributed by atoms with E-state index in [9.17, 15) is 4.79 Å². The van der Waals surface area contributed by atoms with Crippen molar-refractivity contribution in [3.8, 4) is 17.1 Å². The Morgan fingerprint density at radius 1 is 1.14 bits per heavy atom. The van der Waals surface area contributed by atoms with Crippen molar-refractivity contribution in [2.45, 2.75) is 38.6 Å². The number of amides is 1. The first-order valence-corrected chi connectivity index (χ1v) is 9.56. The highest BCUT2D eigenvalue weighted by atomic mass is 16.5. The predicted octanol–water partition coefficient (Wildman–Crippen LogP) is 4.42. The lowest BCUT2D eigenvalue weighted by atomic mass is 10.1. The third-order valence-electron chi connectivity index (χ3n) is 4.59. The number of rotatable bonds is 9. The predicted molar refractivity (Wildman–Crippen MR) is 109 cm³/mol. The molecule has 0 aliphatic rings. The number of ether oxygens (including phenoxy) is 1. The highest BCUT2D eigenvalue weighted by Crippen LogP contribution is 2.24.